The van der Waals surface area contributed by atoms with E-state index in [2.05, 4.69) is 4.99 Å². The maximum absolute atomic E-state index is 12.9. The molecule has 1 saturated heterocycles. The highest BCUT2D eigenvalue weighted by atomic mass is 16.5. The molecule has 3 heterocycles. The van der Waals surface area contributed by atoms with Crippen molar-refractivity contribution >= 4 is 29.4 Å². The van der Waals surface area contributed by atoms with E-state index in [0.717, 1.165) is 11.3 Å². The van der Waals surface area contributed by atoms with E-state index in [9.17, 15) is 14.4 Å². The van der Waals surface area contributed by atoms with Gasteiger partial charge in [0.25, 0.3) is 0 Å². The molecule has 0 saturated carbocycles. The molecule has 1 spiro atoms. The lowest BCUT2D eigenvalue weighted by molar-refractivity contribution is -0.140. The summed E-state index contributed by atoms with van der Waals surface area (Å²) in [5.74, 6) is -1.06. The van der Waals surface area contributed by atoms with Crippen molar-refractivity contribution in [1.82, 2.24) is 4.90 Å². The van der Waals surface area contributed by atoms with Crippen LogP contribution in [0.5, 0.6) is 0 Å². The van der Waals surface area contributed by atoms with Gasteiger partial charge in [-0.2, -0.15) is 0 Å². The zero-order valence-corrected chi connectivity index (χ0v) is 18.0. The van der Waals surface area contributed by atoms with E-state index in [4.69, 9.17) is 14.2 Å². The van der Waals surface area contributed by atoms with Gasteiger partial charge in [0, 0.05) is 26.3 Å². The Kier molecular flexibility index (Phi) is 5.30. The first-order valence-electron chi connectivity index (χ1n) is 10.0. The summed E-state index contributed by atoms with van der Waals surface area (Å²) in [7, 11) is 5.93. The number of fused-ring (bicyclic) bond motifs is 1. The number of hydrogen-bond acceptors (Lipinski definition) is 8. The van der Waals surface area contributed by atoms with E-state index in [0.29, 0.717) is 18.9 Å². The van der Waals surface area contributed by atoms with Crippen molar-refractivity contribution in [1.29, 1.82) is 0 Å². The molecule has 0 bridgehead atoms. The smallest absolute Gasteiger partial charge is 0.357 e. The summed E-state index contributed by atoms with van der Waals surface area (Å²) >= 11 is 0. The molecule has 31 heavy (non-hydrogen) atoms. The highest BCUT2D eigenvalue weighted by Gasteiger charge is 2.62. The number of esters is 2. The maximum atomic E-state index is 12.9. The second kappa shape index (κ2) is 7.81. The number of likely N-dealkylation sites (tertiary alicyclic amines) is 1. The summed E-state index contributed by atoms with van der Waals surface area (Å²) in [5, 5.41) is 0. The molecule has 9 nitrogen and oxygen atoms in total. The third-order valence-electron chi connectivity index (χ3n) is 6.36. The highest BCUT2D eigenvalue weighted by Crippen LogP contribution is 2.55. The lowest BCUT2D eigenvalue weighted by Gasteiger charge is -2.48. The molecule has 1 aromatic rings. The number of rotatable bonds is 5. The van der Waals surface area contributed by atoms with Gasteiger partial charge in [-0.1, -0.05) is 18.2 Å². The highest BCUT2D eigenvalue weighted by molar-refractivity contribution is 6.15. The Morgan fingerprint density at radius 1 is 1.16 bits per heavy atom. The monoisotopic (exact) mass is 427 g/mol. The Balaban J connectivity index is 2.04. The molecule has 0 radical (unpaired) electrons. The Morgan fingerprint density at radius 3 is 2.55 bits per heavy atom. The molecule has 0 N–H and O–H groups in total. The van der Waals surface area contributed by atoms with Crippen LogP contribution in [-0.2, 0) is 34.0 Å². The van der Waals surface area contributed by atoms with Gasteiger partial charge in [0.05, 0.1) is 44.4 Å². The zero-order chi connectivity index (χ0) is 22.3. The minimum Gasteiger partial charge on any atom is -0.466 e. The van der Waals surface area contributed by atoms with Gasteiger partial charge in [0.2, 0.25) is 5.91 Å². The molecular weight excluding hydrogens is 402 g/mol. The van der Waals surface area contributed by atoms with Gasteiger partial charge in [0.15, 0.2) is 5.70 Å². The molecule has 4 rings (SSSR count). The molecule has 0 aromatic heterocycles. The van der Waals surface area contributed by atoms with E-state index in [1.165, 1.54) is 14.2 Å². The third kappa shape index (κ3) is 2.87. The predicted molar refractivity (Wildman–Crippen MR) is 112 cm³/mol. The van der Waals surface area contributed by atoms with Crippen molar-refractivity contribution in [2.24, 2.45) is 4.99 Å². The maximum Gasteiger partial charge on any atom is 0.357 e. The van der Waals surface area contributed by atoms with Crippen LogP contribution in [0.2, 0.25) is 0 Å². The standard InChI is InChI=1S/C22H25N3O6/c1-24-14-8-6-5-7-13(14)22-10-9-15(26)25(11-12-29-2)21(22)23-17(20(28)31-4)16(18(22)24)19(27)30-3/h5-8,18H,9-12H2,1-4H3. The van der Waals surface area contributed by atoms with Gasteiger partial charge in [-0.25, -0.2) is 14.6 Å². The van der Waals surface area contributed by atoms with E-state index < -0.39 is 23.4 Å². The molecule has 9 heteroatoms. The van der Waals surface area contributed by atoms with Crippen LogP contribution in [0.1, 0.15) is 18.4 Å². The number of carbonyl (C=O) groups is 3. The Bertz CT molecular complexity index is 1020. The van der Waals surface area contributed by atoms with Gasteiger partial charge in [-0.3, -0.25) is 9.69 Å². The Labute approximate surface area is 180 Å². The van der Waals surface area contributed by atoms with E-state index in [-0.39, 0.29) is 30.1 Å². The average Bonchev–Trinajstić information content (AvgIpc) is 3.05. The minimum atomic E-state index is -0.784. The molecule has 0 aliphatic carbocycles. The van der Waals surface area contributed by atoms with Crippen molar-refractivity contribution in [3.63, 3.8) is 0 Å². The quantitative estimate of drug-likeness (QED) is 0.647. The van der Waals surface area contributed by atoms with E-state index in [1.54, 1.807) is 12.0 Å². The molecule has 1 fully saturated rings. The van der Waals surface area contributed by atoms with Gasteiger partial charge in [-0.05, 0) is 18.1 Å². The zero-order valence-electron chi connectivity index (χ0n) is 18.0. The number of anilines is 1. The van der Waals surface area contributed by atoms with Crippen molar-refractivity contribution in [3.8, 4) is 0 Å². The molecule has 3 aliphatic rings. The van der Waals surface area contributed by atoms with Crippen LogP contribution in [0.15, 0.2) is 40.5 Å². The summed E-state index contributed by atoms with van der Waals surface area (Å²) in [6.07, 6.45) is 0.735. The fourth-order valence-electron chi connectivity index (χ4n) is 5.08. The first kappa shape index (κ1) is 21.0. The number of methoxy groups -OCH3 is 3. The predicted octanol–water partition coefficient (Wildman–Crippen LogP) is 1.02. The van der Waals surface area contributed by atoms with Crippen LogP contribution in [0.4, 0.5) is 5.69 Å². The fraction of sp³-hybridized carbons (Fsp3) is 0.455. The van der Waals surface area contributed by atoms with Gasteiger partial charge >= 0.3 is 11.9 Å². The molecule has 164 valence electrons. The molecule has 1 amide bonds. The van der Waals surface area contributed by atoms with Crippen LogP contribution in [-0.4, -0.2) is 76.2 Å². The topological polar surface area (TPSA) is 97.7 Å². The van der Waals surface area contributed by atoms with E-state index in [1.807, 2.05) is 36.2 Å². The average molecular weight is 427 g/mol. The van der Waals surface area contributed by atoms with Crippen LogP contribution in [0.3, 0.4) is 0 Å². The number of carbonyl (C=O) groups excluding carboxylic acids is 3. The van der Waals surface area contributed by atoms with Crippen LogP contribution in [0, 0.1) is 0 Å². The van der Waals surface area contributed by atoms with Crippen LogP contribution >= 0.6 is 0 Å². The van der Waals surface area contributed by atoms with Crippen molar-refractivity contribution in [2.75, 3.05) is 46.4 Å². The summed E-state index contributed by atoms with van der Waals surface area (Å²) < 4.78 is 15.2. The number of para-hydroxylation sites is 1. The normalized spacial score (nSPS) is 24.3. The fourth-order valence-corrected chi connectivity index (χ4v) is 5.08. The van der Waals surface area contributed by atoms with Gasteiger partial charge in [-0.15, -0.1) is 0 Å². The van der Waals surface area contributed by atoms with E-state index >= 15 is 0 Å². The Morgan fingerprint density at radius 2 is 1.87 bits per heavy atom. The second-order valence-electron chi connectivity index (χ2n) is 7.72. The SMILES string of the molecule is COCCN1C(=O)CCC23C1=NC(C(=O)OC)=C(C(=O)OC)C2N(C)c1ccccc13. The number of nitrogens with zero attached hydrogens (tertiary/aromatic N) is 3. The molecular formula is C22H25N3O6. The number of hydrogen-bond donors (Lipinski definition) is 0. The number of benzene rings is 1. The van der Waals surface area contributed by atoms with Crippen LogP contribution < -0.4 is 4.90 Å². The lowest BCUT2D eigenvalue weighted by Crippen LogP contribution is -2.63. The summed E-state index contributed by atoms with van der Waals surface area (Å²) in [4.78, 5) is 46.7. The number of likely N-dealkylation sites (N-methyl/N-ethyl adjacent to an activating group) is 1. The third-order valence-corrected chi connectivity index (χ3v) is 6.36. The largest absolute Gasteiger partial charge is 0.466 e. The molecule has 2 atom stereocenters. The first-order chi connectivity index (χ1) is 14.9. The van der Waals surface area contributed by atoms with Gasteiger partial charge < -0.3 is 19.1 Å². The van der Waals surface area contributed by atoms with Crippen LogP contribution in [0.25, 0.3) is 0 Å². The Hall–Kier alpha value is -3.20. The minimum absolute atomic E-state index is 0.0991. The summed E-state index contributed by atoms with van der Waals surface area (Å²) in [5.41, 5.74) is 1.09. The molecule has 1 aromatic carbocycles. The number of aliphatic imine (C=N–C) groups is 1. The molecule has 3 aliphatic heterocycles. The summed E-state index contributed by atoms with van der Waals surface area (Å²) in [6, 6.07) is 7.22. The second-order valence-corrected chi connectivity index (χ2v) is 7.72. The van der Waals surface area contributed by atoms with Crippen molar-refractivity contribution in [2.45, 2.75) is 24.3 Å². The summed E-state index contributed by atoms with van der Waals surface area (Å²) in [6.45, 7) is 0.598. The van der Waals surface area contributed by atoms with Crippen molar-refractivity contribution in [3.05, 3.63) is 41.1 Å². The lowest BCUT2D eigenvalue weighted by atomic mass is 9.66. The number of ether oxygens (including phenoxy) is 3. The van der Waals surface area contributed by atoms with Gasteiger partial charge in [0.1, 0.15) is 5.84 Å². The van der Waals surface area contributed by atoms with Crippen molar-refractivity contribution < 1.29 is 28.6 Å². The number of amidine groups is 1. The number of amides is 1. The first-order valence-corrected chi connectivity index (χ1v) is 10.0. The number of piperidine rings is 1. The molecule has 2 unspecified atom stereocenters.